The van der Waals surface area contributed by atoms with Crippen molar-refractivity contribution in [3.63, 3.8) is 0 Å². The molecule has 1 heterocycles. The SMILES string of the molecule is Cc1c(NN)nc(C(C)(C)C)nc1NCC1(O)CCC1. The van der Waals surface area contributed by atoms with Gasteiger partial charge >= 0.3 is 0 Å². The topological polar surface area (TPSA) is 96.1 Å². The molecule has 0 amide bonds. The van der Waals surface area contributed by atoms with Crippen LogP contribution in [0.25, 0.3) is 0 Å². The molecule has 0 radical (unpaired) electrons. The number of hydrogen-bond acceptors (Lipinski definition) is 6. The van der Waals surface area contributed by atoms with Crippen molar-refractivity contribution in [3.05, 3.63) is 11.4 Å². The lowest BCUT2D eigenvalue weighted by molar-refractivity contribution is -0.0202. The second-order valence-electron chi connectivity index (χ2n) is 6.70. The van der Waals surface area contributed by atoms with E-state index in [9.17, 15) is 5.11 Å². The number of nitrogens with zero attached hydrogens (tertiary/aromatic N) is 2. The van der Waals surface area contributed by atoms with Crippen molar-refractivity contribution in [1.29, 1.82) is 0 Å². The second-order valence-corrected chi connectivity index (χ2v) is 6.70. The number of anilines is 2. The average molecular weight is 279 g/mol. The Morgan fingerprint density at radius 2 is 1.85 bits per heavy atom. The summed E-state index contributed by atoms with van der Waals surface area (Å²) < 4.78 is 0. The van der Waals surface area contributed by atoms with Gasteiger partial charge in [-0.25, -0.2) is 15.8 Å². The van der Waals surface area contributed by atoms with E-state index in [-0.39, 0.29) is 5.41 Å². The molecule has 0 atom stereocenters. The maximum Gasteiger partial charge on any atom is 0.148 e. The number of nitrogens with two attached hydrogens (primary N) is 1. The van der Waals surface area contributed by atoms with Crippen LogP contribution in [0.2, 0.25) is 0 Å². The van der Waals surface area contributed by atoms with Gasteiger partial charge in [0.1, 0.15) is 17.5 Å². The maximum absolute atomic E-state index is 10.2. The van der Waals surface area contributed by atoms with Gasteiger partial charge in [0.2, 0.25) is 0 Å². The Hall–Kier alpha value is -1.40. The molecule has 6 heteroatoms. The van der Waals surface area contributed by atoms with Crippen LogP contribution < -0.4 is 16.6 Å². The first kappa shape index (κ1) is 15.0. The minimum Gasteiger partial charge on any atom is -0.388 e. The highest BCUT2D eigenvalue weighted by Crippen LogP contribution is 2.32. The van der Waals surface area contributed by atoms with Crippen LogP contribution in [-0.2, 0) is 5.41 Å². The van der Waals surface area contributed by atoms with Gasteiger partial charge in [0, 0.05) is 17.5 Å². The molecule has 0 saturated heterocycles. The van der Waals surface area contributed by atoms with Gasteiger partial charge in [0.05, 0.1) is 5.60 Å². The number of aromatic nitrogens is 2. The average Bonchev–Trinajstić information content (AvgIpc) is 2.34. The predicted molar refractivity (Wildman–Crippen MR) is 80.6 cm³/mol. The molecule has 1 aromatic rings. The summed E-state index contributed by atoms with van der Waals surface area (Å²) in [6.07, 6.45) is 2.78. The van der Waals surface area contributed by atoms with Gasteiger partial charge in [-0.15, -0.1) is 0 Å². The lowest BCUT2D eigenvalue weighted by Crippen LogP contribution is -2.43. The predicted octanol–water partition coefficient (Wildman–Crippen LogP) is 1.70. The molecule has 0 spiro atoms. The van der Waals surface area contributed by atoms with Crippen molar-refractivity contribution in [2.45, 2.75) is 58.0 Å². The summed E-state index contributed by atoms with van der Waals surface area (Å²) in [6, 6.07) is 0. The fourth-order valence-electron chi connectivity index (χ4n) is 2.17. The first-order valence-electron chi connectivity index (χ1n) is 7.07. The molecular weight excluding hydrogens is 254 g/mol. The monoisotopic (exact) mass is 279 g/mol. The molecule has 0 unspecified atom stereocenters. The second kappa shape index (κ2) is 5.18. The lowest BCUT2D eigenvalue weighted by atomic mass is 9.80. The van der Waals surface area contributed by atoms with Crippen molar-refractivity contribution in [2.24, 2.45) is 5.84 Å². The third-order valence-corrected chi connectivity index (χ3v) is 3.82. The molecular formula is C14H25N5O. The zero-order valence-electron chi connectivity index (χ0n) is 12.7. The van der Waals surface area contributed by atoms with E-state index in [4.69, 9.17) is 5.84 Å². The molecule has 0 aliphatic heterocycles. The van der Waals surface area contributed by atoms with Crippen LogP contribution in [0.5, 0.6) is 0 Å². The number of nitrogen functional groups attached to an aromatic ring is 1. The molecule has 1 aliphatic carbocycles. The highest BCUT2D eigenvalue weighted by Gasteiger charge is 2.34. The third kappa shape index (κ3) is 3.02. The summed E-state index contributed by atoms with van der Waals surface area (Å²) >= 11 is 0. The van der Waals surface area contributed by atoms with E-state index in [2.05, 4.69) is 41.5 Å². The molecule has 1 saturated carbocycles. The molecule has 6 nitrogen and oxygen atoms in total. The van der Waals surface area contributed by atoms with E-state index < -0.39 is 5.60 Å². The molecule has 1 aliphatic rings. The third-order valence-electron chi connectivity index (χ3n) is 3.82. The van der Waals surface area contributed by atoms with Crippen LogP contribution in [0.4, 0.5) is 11.6 Å². The molecule has 0 aromatic carbocycles. The highest BCUT2D eigenvalue weighted by atomic mass is 16.3. The van der Waals surface area contributed by atoms with Crippen molar-refractivity contribution in [3.8, 4) is 0 Å². The van der Waals surface area contributed by atoms with Gasteiger partial charge in [-0.05, 0) is 26.2 Å². The van der Waals surface area contributed by atoms with Crippen molar-refractivity contribution in [2.75, 3.05) is 17.3 Å². The van der Waals surface area contributed by atoms with Gasteiger partial charge in [0.25, 0.3) is 0 Å². The van der Waals surface area contributed by atoms with E-state index in [1.807, 2.05) is 6.92 Å². The summed E-state index contributed by atoms with van der Waals surface area (Å²) in [5, 5.41) is 13.4. The Kier molecular flexibility index (Phi) is 3.88. The van der Waals surface area contributed by atoms with E-state index >= 15 is 0 Å². The van der Waals surface area contributed by atoms with Crippen molar-refractivity contribution in [1.82, 2.24) is 9.97 Å². The van der Waals surface area contributed by atoms with Gasteiger partial charge in [-0.1, -0.05) is 20.8 Å². The van der Waals surface area contributed by atoms with Gasteiger partial charge in [0.15, 0.2) is 0 Å². The van der Waals surface area contributed by atoms with Gasteiger partial charge < -0.3 is 15.8 Å². The quantitative estimate of drug-likeness (QED) is 0.495. The first-order valence-corrected chi connectivity index (χ1v) is 7.07. The number of hydrazine groups is 1. The van der Waals surface area contributed by atoms with E-state index in [1.54, 1.807) is 0 Å². The zero-order valence-corrected chi connectivity index (χ0v) is 12.7. The summed E-state index contributed by atoms with van der Waals surface area (Å²) in [5.74, 6) is 7.61. The first-order chi connectivity index (χ1) is 9.25. The number of rotatable bonds is 4. The fraction of sp³-hybridized carbons (Fsp3) is 0.714. The minimum atomic E-state index is -0.588. The summed E-state index contributed by atoms with van der Waals surface area (Å²) in [5.41, 5.74) is 2.73. The fourth-order valence-corrected chi connectivity index (χ4v) is 2.17. The molecule has 20 heavy (non-hydrogen) atoms. The van der Waals surface area contributed by atoms with E-state index in [0.717, 1.165) is 36.5 Å². The standard InChI is InChI=1S/C14H25N5O/c1-9-10(16-8-14(20)6-5-7-14)17-12(13(2,3)4)18-11(9)19-15/h20H,5-8,15H2,1-4H3,(H2,16,17,18,19). The van der Waals surface area contributed by atoms with Crippen LogP contribution in [0.15, 0.2) is 0 Å². The Morgan fingerprint density at radius 1 is 1.25 bits per heavy atom. The van der Waals surface area contributed by atoms with Gasteiger partial charge in [-0.2, -0.15) is 0 Å². The Bertz CT molecular complexity index is 491. The highest BCUT2D eigenvalue weighted by molar-refractivity contribution is 5.57. The largest absolute Gasteiger partial charge is 0.388 e. The molecule has 2 rings (SSSR count). The Balaban J connectivity index is 2.26. The summed E-state index contributed by atoms with van der Waals surface area (Å²) in [4.78, 5) is 9.04. The van der Waals surface area contributed by atoms with E-state index in [0.29, 0.717) is 12.4 Å². The molecule has 1 fully saturated rings. The lowest BCUT2D eigenvalue weighted by Gasteiger charge is -2.37. The van der Waals surface area contributed by atoms with E-state index in [1.165, 1.54) is 0 Å². The maximum atomic E-state index is 10.2. The molecule has 5 N–H and O–H groups in total. The summed E-state index contributed by atoms with van der Waals surface area (Å²) in [6.45, 7) is 8.59. The normalized spacial score (nSPS) is 17.5. The minimum absolute atomic E-state index is 0.164. The smallest absolute Gasteiger partial charge is 0.148 e. The van der Waals surface area contributed by atoms with Gasteiger partial charge in [-0.3, -0.25) is 0 Å². The number of nitrogens with one attached hydrogen (secondary N) is 2. The van der Waals surface area contributed by atoms with Crippen LogP contribution in [0.1, 0.15) is 51.4 Å². The van der Waals surface area contributed by atoms with Crippen molar-refractivity contribution < 1.29 is 5.11 Å². The van der Waals surface area contributed by atoms with Crippen LogP contribution in [0.3, 0.4) is 0 Å². The zero-order chi connectivity index (χ0) is 15.0. The van der Waals surface area contributed by atoms with Crippen LogP contribution >= 0.6 is 0 Å². The molecule has 0 bridgehead atoms. The number of aliphatic hydroxyl groups is 1. The van der Waals surface area contributed by atoms with Crippen LogP contribution in [-0.4, -0.2) is 27.2 Å². The molecule has 112 valence electrons. The Morgan fingerprint density at radius 3 is 2.30 bits per heavy atom. The van der Waals surface area contributed by atoms with Crippen LogP contribution in [0, 0.1) is 6.92 Å². The number of hydrogen-bond donors (Lipinski definition) is 4. The summed E-state index contributed by atoms with van der Waals surface area (Å²) in [7, 11) is 0. The van der Waals surface area contributed by atoms with Crippen molar-refractivity contribution >= 4 is 11.6 Å². The Labute approximate surface area is 120 Å². The molecule has 1 aromatic heterocycles.